The van der Waals surface area contributed by atoms with Crippen LogP contribution < -0.4 is 10.6 Å². The Morgan fingerprint density at radius 3 is 2.39 bits per heavy atom. The molecule has 4 heteroatoms. The van der Waals surface area contributed by atoms with Crippen LogP contribution in [0, 0.1) is 5.92 Å². The average molecular weight is 248 g/mol. The summed E-state index contributed by atoms with van der Waals surface area (Å²) in [6.45, 7) is 7.54. The summed E-state index contributed by atoms with van der Waals surface area (Å²) in [6, 6.07) is 6.74. The number of benzene rings is 1. The van der Waals surface area contributed by atoms with Crippen molar-refractivity contribution >= 4 is 17.5 Å². The van der Waals surface area contributed by atoms with Gasteiger partial charge in [0.1, 0.15) is 0 Å². The van der Waals surface area contributed by atoms with Gasteiger partial charge < -0.3 is 10.6 Å². The summed E-state index contributed by atoms with van der Waals surface area (Å²) in [6.07, 6.45) is 0. The molecule has 0 bridgehead atoms. The molecule has 98 valence electrons. The maximum atomic E-state index is 11.7. The molecule has 0 heterocycles. The van der Waals surface area contributed by atoms with E-state index in [2.05, 4.69) is 10.6 Å². The van der Waals surface area contributed by atoms with Crippen LogP contribution in [0.2, 0.25) is 0 Å². The van der Waals surface area contributed by atoms with Gasteiger partial charge in [-0.05, 0) is 31.9 Å². The largest absolute Gasteiger partial charge is 0.335 e. The third-order valence-corrected chi connectivity index (χ3v) is 2.89. The topological polar surface area (TPSA) is 58.2 Å². The van der Waals surface area contributed by atoms with Gasteiger partial charge in [-0.2, -0.15) is 0 Å². The van der Waals surface area contributed by atoms with Crippen LogP contribution in [0.4, 0.5) is 10.5 Å². The van der Waals surface area contributed by atoms with Gasteiger partial charge in [-0.3, -0.25) is 4.79 Å². The lowest BCUT2D eigenvalue weighted by molar-refractivity contribution is 0.101. The first-order valence-corrected chi connectivity index (χ1v) is 6.08. The third kappa shape index (κ3) is 4.20. The van der Waals surface area contributed by atoms with E-state index in [9.17, 15) is 9.59 Å². The first-order chi connectivity index (χ1) is 8.40. The van der Waals surface area contributed by atoms with E-state index in [0.717, 1.165) is 0 Å². The van der Waals surface area contributed by atoms with Crippen LogP contribution in [0.5, 0.6) is 0 Å². The fraction of sp³-hybridized carbons (Fsp3) is 0.429. The zero-order valence-corrected chi connectivity index (χ0v) is 11.3. The van der Waals surface area contributed by atoms with Crippen LogP contribution in [-0.4, -0.2) is 17.9 Å². The SMILES string of the molecule is CC(=O)c1cccc(NC(=O)N[C@@H](C)C(C)C)c1. The van der Waals surface area contributed by atoms with Crippen molar-refractivity contribution in [2.45, 2.75) is 33.7 Å². The van der Waals surface area contributed by atoms with Crippen LogP contribution in [0.15, 0.2) is 24.3 Å². The second-order valence-corrected chi connectivity index (χ2v) is 4.77. The summed E-state index contributed by atoms with van der Waals surface area (Å²) in [5.74, 6) is 0.355. The fourth-order valence-corrected chi connectivity index (χ4v) is 1.36. The molecule has 1 aromatic carbocycles. The number of hydrogen-bond acceptors (Lipinski definition) is 2. The summed E-state index contributed by atoms with van der Waals surface area (Å²) in [4.78, 5) is 22.9. The van der Waals surface area contributed by atoms with E-state index in [0.29, 0.717) is 17.2 Å². The van der Waals surface area contributed by atoms with Crippen LogP contribution >= 0.6 is 0 Å². The highest BCUT2D eigenvalue weighted by atomic mass is 16.2. The highest BCUT2D eigenvalue weighted by Crippen LogP contribution is 2.11. The van der Waals surface area contributed by atoms with E-state index in [4.69, 9.17) is 0 Å². The maximum Gasteiger partial charge on any atom is 0.319 e. The van der Waals surface area contributed by atoms with E-state index < -0.39 is 0 Å². The third-order valence-electron chi connectivity index (χ3n) is 2.89. The van der Waals surface area contributed by atoms with E-state index in [-0.39, 0.29) is 17.9 Å². The second kappa shape index (κ2) is 6.19. The van der Waals surface area contributed by atoms with Crippen molar-refractivity contribution in [1.29, 1.82) is 0 Å². The molecule has 0 radical (unpaired) electrons. The Bertz CT molecular complexity index is 441. The summed E-state index contributed by atoms with van der Waals surface area (Å²) in [7, 11) is 0. The molecule has 1 aromatic rings. The summed E-state index contributed by atoms with van der Waals surface area (Å²) in [5, 5.41) is 5.56. The molecular formula is C14H20N2O2. The Morgan fingerprint density at radius 1 is 1.17 bits per heavy atom. The van der Waals surface area contributed by atoms with Crippen molar-refractivity contribution in [1.82, 2.24) is 5.32 Å². The summed E-state index contributed by atoms with van der Waals surface area (Å²) >= 11 is 0. The normalized spacial score (nSPS) is 12.1. The van der Waals surface area contributed by atoms with Crippen LogP contribution in [0.3, 0.4) is 0 Å². The molecule has 0 saturated heterocycles. The maximum absolute atomic E-state index is 11.7. The quantitative estimate of drug-likeness (QED) is 0.804. The van der Waals surface area contributed by atoms with Gasteiger partial charge in [-0.25, -0.2) is 4.79 Å². The van der Waals surface area contributed by atoms with Gasteiger partial charge in [0, 0.05) is 17.3 Å². The van der Waals surface area contributed by atoms with Crippen molar-refractivity contribution in [3.05, 3.63) is 29.8 Å². The predicted molar refractivity (Wildman–Crippen MR) is 72.9 cm³/mol. The van der Waals surface area contributed by atoms with Gasteiger partial charge >= 0.3 is 6.03 Å². The van der Waals surface area contributed by atoms with Gasteiger partial charge in [-0.1, -0.05) is 26.0 Å². The number of amides is 2. The molecule has 0 aliphatic rings. The first kappa shape index (κ1) is 14.2. The zero-order valence-electron chi connectivity index (χ0n) is 11.3. The van der Waals surface area contributed by atoms with Crippen LogP contribution in [0.1, 0.15) is 38.1 Å². The number of carbonyl (C=O) groups excluding carboxylic acids is 2. The number of urea groups is 1. The molecule has 0 aliphatic heterocycles. The second-order valence-electron chi connectivity index (χ2n) is 4.77. The van der Waals surface area contributed by atoms with E-state index in [1.807, 2.05) is 20.8 Å². The molecule has 2 N–H and O–H groups in total. The van der Waals surface area contributed by atoms with Crippen molar-refractivity contribution in [2.24, 2.45) is 5.92 Å². The molecule has 0 spiro atoms. The molecule has 1 atom stereocenters. The molecule has 0 aliphatic carbocycles. The first-order valence-electron chi connectivity index (χ1n) is 6.08. The fourth-order valence-electron chi connectivity index (χ4n) is 1.36. The smallest absolute Gasteiger partial charge is 0.319 e. The van der Waals surface area contributed by atoms with Crippen LogP contribution in [0.25, 0.3) is 0 Å². The van der Waals surface area contributed by atoms with Gasteiger partial charge in [0.2, 0.25) is 0 Å². The molecule has 1 rings (SSSR count). The number of carbonyl (C=O) groups is 2. The number of anilines is 1. The lowest BCUT2D eigenvalue weighted by Gasteiger charge is -2.17. The standard InChI is InChI=1S/C14H20N2O2/c1-9(2)10(3)15-14(18)16-13-7-5-6-12(8-13)11(4)17/h5-10H,1-4H3,(H2,15,16,18)/t10-/m0/s1. The minimum absolute atomic E-state index is 0.0189. The van der Waals surface area contributed by atoms with Crippen LogP contribution in [-0.2, 0) is 0 Å². The van der Waals surface area contributed by atoms with E-state index in [1.165, 1.54) is 6.92 Å². The molecule has 0 fully saturated rings. The molecular weight excluding hydrogens is 228 g/mol. The average Bonchev–Trinajstić information content (AvgIpc) is 2.28. The monoisotopic (exact) mass is 248 g/mol. The van der Waals surface area contributed by atoms with Crippen molar-refractivity contribution in [3.8, 4) is 0 Å². The predicted octanol–water partition coefficient (Wildman–Crippen LogP) is 3.06. The number of hydrogen-bond donors (Lipinski definition) is 2. The van der Waals surface area contributed by atoms with Gasteiger partial charge in [0.05, 0.1) is 0 Å². The van der Waals surface area contributed by atoms with Crippen molar-refractivity contribution < 1.29 is 9.59 Å². The lowest BCUT2D eigenvalue weighted by Crippen LogP contribution is -2.39. The number of Topliss-reactive ketones (excluding diaryl/α,β-unsaturated/α-hetero) is 1. The minimum Gasteiger partial charge on any atom is -0.335 e. The van der Waals surface area contributed by atoms with Gasteiger partial charge in [0.25, 0.3) is 0 Å². The Balaban J connectivity index is 2.65. The molecule has 2 amide bonds. The Morgan fingerprint density at radius 2 is 1.83 bits per heavy atom. The van der Waals surface area contributed by atoms with Gasteiger partial charge in [-0.15, -0.1) is 0 Å². The number of rotatable bonds is 4. The van der Waals surface area contributed by atoms with Gasteiger partial charge in [0.15, 0.2) is 5.78 Å². The minimum atomic E-state index is -0.253. The van der Waals surface area contributed by atoms with E-state index in [1.54, 1.807) is 24.3 Å². The Kier molecular flexibility index (Phi) is 4.89. The number of ketones is 1. The molecule has 18 heavy (non-hydrogen) atoms. The summed E-state index contributed by atoms with van der Waals surface area (Å²) in [5.41, 5.74) is 1.21. The molecule has 4 nitrogen and oxygen atoms in total. The van der Waals surface area contributed by atoms with Crippen molar-refractivity contribution in [3.63, 3.8) is 0 Å². The Hall–Kier alpha value is -1.84. The molecule has 0 saturated carbocycles. The molecule has 0 aromatic heterocycles. The zero-order chi connectivity index (χ0) is 13.7. The van der Waals surface area contributed by atoms with E-state index >= 15 is 0 Å². The molecule has 0 unspecified atom stereocenters. The highest BCUT2D eigenvalue weighted by molar-refractivity contribution is 5.96. The summed E-state index contributed by atoms with van der Waals surface area (Å²) < 4.78 is 0. The highest BCUT2D eigenvalue weighted by Gasteiger charge is 2.10. The number of nitrogens with one attached hydrogen (secondary N) is 2. The lowest BCUT2D eigenvalue weighted by atomic mass is 10.1. The Labute approximate surface area is 108 Å². The van der Waals surface area contributed by atoms with Crippen molar-refractivity contribution in [2.75, 3.05) is 5.32 Å².